The molecular formula is C31H35N5O2. The molecule has 4 aromatic rings. The Morgan fingerprint density at radius 1 is 0.921 bits per heavy atom. The van der Waals surface area contributed by atoms with Crippen LogP contribution in [-0.4, -0.2) is 31.0 Å². The lowest BCUT2D eigenvalue weighted by molar-refractivity contribution is -0.120. The SMILES string of the molecule is Cn1cc(-c2cccc(C(=O)Nc3nc(CCCCCCCC(=O)C4CC4)cn3-c3ccccc3)c2)cn1. The van der Waals surface area contributed by atoms with Crippen LogP contribution in [0.1, 0.15) is 67.4 Å². The number of para-hydroxylation sites is 1. The minimum absolute atomic E-state index is 0.203. The number of nitrogens with zero attached hydrogens (tertiary/aromatic N) is 4. The zero-order valence-corrected chi connectivity index (χ0v) is 22.0. The Kier molecular flexibility index (Phi) is 8.12. The van der Waals surface area contributed by atoms with Crippen molar-refractivity contribution in [3.63, 3.8) is 0 Å². The second-order valence-corrected chi connectivity index (χ2v) is 10.2. The van der Waals surface area contributed by atoms with Crippen molar-refractivity contribution in [2.45, 2.75) is 57.8 Å². The van der Waals surface area contributed by atoms with E-state index in [-0.39, 0.29) is 5.91 Å². The van der Waals surface area contributed by atoms with Gasteiger partial charge in [-0.05, 0) is 61.9 Å². The van der Waals surface area contributed by atoms with Crippen molar-refractivity contribution in [2.24, 2.45) is 13.0 Å². The van der Waals surface area contributed by atoms with Gasteiger partial charge in [0.1, 0.15) is 5.78 Å². The molecule has 0 spiro atoms. The molecule has 5 rings (SSSR count). The molecule has 1 N–H and O–H groups in total. The van der Waals surface area contributed by atoms with Crippen LogP contribution < -0.4 is 5.32 Å². The molecule has 7 nitrogen and oxygen atoms in total. The number of aryl methyl sites for hydroxylation is 2. The fourth-order valence-corrected chi connectivity index (χ4v) is 4.75. The average molecular weight is 510 g/mol. The van der Waals surface area contributed by atoms with Crippen LogP contribution in [0.4, 0.5) is 5.95 Å². The number of aromatic nitrogens is 4. The van der Waals surface area contributed by atoms with Crippen LogP contribution in [0.3, 0.4) is 0 Å². The number of carbonyl (C=O) groups excluding carboxylic acids is 2. The molecule has 0 bridgehead atoms. The van der Waals surface area contributed by atoms with Gasteiger partial charge in [-0.1, -0.05) is 49.6 Å². The highest BCUT2D eigenvalue weighted by Crippen LogP contribution is 2.31. The fourth-order valence-electron chi connectivity index (χ4n) is 4.75. The third-order valence-corrected chi connectivity index (χ3v) is 7.07. The van der Waals surface area contributed by atoms with Crippen LogP contribution in [0.25, 0.3) is 16.8 Å². The molecule has 196 valence electrons. The summed E-state index contributed by atoms with van der Waals surface area (Å²) in [6.07, 6.45) is 14.9. The first-order valence-corrected chi connectivity index (χ1v) is 13.6. The topological polar surface area (TPSA) is 81.8 Å². The van der Waals surface area contributed by atoms with Gasteiger partial charge in [0, 0.05) is 48.6 Å². The Morgan fingerprint density at radius 2 is 1.71 bits per heavy atom. The summed E-state index contributed by atoms with van der Waals surface area (Å²) in [7, 11) is 1.87. The third-order valence-electron chi connectivity index (χ3n) is 7.07. The Labute approximate surface area is 223 Å². The summed E-state index contributed by atoms with van der Waals surface area (Å²) in [5.41, 5.74) is 4.37. The number of benzene rings is 2. The summed E-state index contributed by atoms with van der Waals surface area (Å²) in [4.78, 5) is 29.9. The zero-order chi connectivity index (χ0) is 26.3. The number of carbonyl (C=O) groups is 2. The van der Waals surface area contributed by atoms with Gasteiger partial charge in [0.2, 0.25) is 5.95 Å². The molecule has 1 amide bonds. The van der Waals surface area contributed by atoms with Crippen LogP contribution in [0.15, 0.2) is 73.2 Å². The predicted molar refractivity (Wildman–Crippen MR) is 149 cm³/mol. The number of anilines is 1. The maximum Gasteiger partial charge on any atom is 0.258 e. The van der Waals surface area contributed by atoms with Gasteiger partial charge in [-0.3, -0.25) is 24.2 Å². The average Bonchev–Trinajstić information content (AvgIpc) is 3.59. The van der Waals surface area contributed by atoms with Gasteiger partial charge in [0.15, 0.2) is 0 Å². The molecule has 1 aliphatic carbocycles. The van der Waals surface area contributed by atoms with E-state index in [1.807, 2.05) is 78.6 Å². The standard InChI is InChI=1S/C31H35N5O2/c1-35-21-26(20-32-35)24-11-10-12-25(19-24)30(38)34-31-33-27(22-36(31)28-14-7-5-8-15-28)13-6-3-2-4-9-16-29(37)23-17-18-23/h5,7-8,10-12,14-15,19-23H,2-4,6,9,13,16-18H2,1H3,(H,33,34,38). The van der Waals surface area contributed by atoms with Crippen molar-refractivity contribution in [2.75, 3.05) is 5.32 Å². The summed E-state index contributed by atoms with van der Waals surface area (Å²) >= 11 is 0. The summed E-state index contributed by atoms with van der Waals surface area (Å²) in [6.45, 7) is 0. The second-order valence-electron chi connectivity index (χ2n) is 10.2. The molecule has 0 radical (unpaired) electrons. The fraction of sp³-hybridized carbons (Fsp3) is 0.355. The van der Waals surface area contributed by atoms with Crippen molar-refractivity contribution < 1.29 is 9.59 Å². The molecule has 0 unspecified atom stereocenters. The minimum atomic E-state index is -0.203. The first kappa shape index (κ1) is 25.6. The van der Waals surface area contributed by atoms with Crippen molar-refractivity contribution >= 4 is 17.6 Å². The molecule has 1 fully saturated rings. The van der Waals surface area contributed by atoms with Gasteiger partial charge in [0.05, 0.1) is 11.9 Å². The molecule has 0 aliphatic heterocycles. The summed E-state index contributed by atoms with van der Waals surface area (Å²) in [6, 6.07) is 17.5. The Morgan fingerprint density at radius 3 is 2.47 bits per heavy atom. The molecule has 0 atom stereocenters. The molecule has 2 heterocycles. The number of Topliss-reactive ketones (excluding diaryl/α,β-unsaturated/α-hetero) is 1. The van der Waals surface area contributed by atoms with Gasteiger partial charge in [-0.2, -0.15) is 5.10 Å². The third kappa shape index (κ3) is 6.65. The monoisotopic (exact) mass is 509 g/mol. The molecular weight excluding hydrogens is 474 g/mol. The number of rotatable bonds is 13. The number of nitrogens with one attached hydrogen (secondary N) is 1. The first-order valence-electron chi connectivity index (χ1n) is 13.6. The number of unbranched alkanes of at least 4 members (excludes halogenated alkanes) is 4. The van der Waals surface area contributed by atoms with Crippen LogP contribution in [0, 0.1) is 5.92 Å². The Hall–Kier alpha value is -4.00. The molecule has 2 aromatic heterocycles. The molecule has 2 aromatic carbocycles. The number of ketones is 1. The van der Waals surface area contributed by atoms with E-state index in [9.17, 15) is 9.59 Å². The Bertz CT molecular complexity index is 1380. The maximum absolute atomic E-state index is 13.2. The van der Waals surface area contributed by atoms with Crippen molar-refractivity contribution in [1.82, 2.24) is 19.3 Å². The predicted octanol–water partition coefficient (Wildman–Crippen LogP) is 6.39. The molecule has 7 heteroatoms. The Balaban J connectivity index is 1.21. The quantitative estimate of drug-likeness (QED) is 0.212. The van der Waals surface area contributed by atoms with E-state index in [1.54, 1.807) is 10.9 Å². The molecule has 38 heavy (non-hydrogen) atoms. The highest BCUT2D eigenvalue weighted by atomic mass is 16.2. The second kappa shape index (κ2) is 12.0. The maximum atomic E-state index is 13.2. The van der Waals surface area contributed by atoms with Crippen LogP contribution >= 0.6 is 0 Å². The van der Waals surface area contributed by atoms with Crippen molar-refractivity contribution in [3.05, 3.63) is 84.4 Å². The first-order chi connectivity index (χ1) is 18.6. The highest BCUT2D eigenvalue weighted by molar-refractivity contribution is 6.04. The van der Waals surface area contributed by atoms with E-state index in [0.717, 1.165) is 80.3 Å². The van der Waals surface area contributed by atoms with E-state index < -0.39 is 0 Å². The van der Waals surface area contributed by atoms with Gasteiger partial charge in [-0.25, -0.2) is 4.98 Å². The number of hydrogen-bond donors (Lipinski definition) is 1. The van der Waals surface area contributed by atoms with E-state index in [1.165, 1.54) is 0 Å². The van der Waals surface area contributed by atoms with E-state index in [2.05, 4.69) is 10.4 Å². The number of imidazole rings is 1. The van der Waals surface area contributed by atoms with Crippen LogP contribution in [0.5, 0.6) is 0 Å². The van der Waals surface area contributed by atoms with Crippen LogP contribution in [0.2, 0.25) is 0 Å². The smallest absolute Gasteiger partial charge is 0.258 e. The van der Waals surface area contributed by atoms with E-state index >= 15 is 0 Å². The molecule has 1 aliphatic rings. The molecule has 1 saturated carbocycles. The van der Waals surface area contributed by atoms with E-state index in [4.69, 9.17) is 4.98 Å². The highest BCUT2D eigenvalue weighted by Gasteiger charge is 2.28. The van der Waals surface area contributed by atoms with Crippen molar-refractivity contribution in [1.29, 1.82) is 0 Å². The van der Waals surface area contributed by atoms with Gasteiger partial charge < -0.3 is 0 Å². The summed E-state index contributed by atoms with van der Waals surface area (Å²) < 4.78 is 3.69. The lowest BCUT2D eigenvalue weighted by Gasteiger charge is -2.09. The normalized spacial score (nSPS) is 13.0. The minimum Gasteiger partial charge on any atom is -0.299 e. The largest absolute Gasteiger partial charge is 0.299 e. The van der Waals surface area contributed by atoms with E-state index in [0.29, 0.717) is 23.2 Å². The number of amides is 1. The van der Waals surface area contributed by atoms with Gasteiger partial charge >= 0.3 is 0 Å². The summed E-state index contributed by atoms with van der Waals surface area (Å²) in [5.74, 6) is 1.16. The van der Waals surface area contributed by atoms with Crippen LogP contribution in [-0.2, 0) is 18.3 Å². The van der Waals surface area contributed by atoms with Gasteiger partial charge in [0.25, 0.3) is 5.91 Å². The zero-order valence-electron chi connectivity index (χ0n) is 22.0. The number of hydrogen-bond acceptors (Lipinski definition) is 4. The van der Waals surface area contributed by atoms with Crippen molar-refractivity contribution in [3.8, 4) is 16.8 Å². The lowest BCUT2D eigenvalue weighted by Crippen LogP contribution is -2.15. The van der Waals surface area contributed by atoms with Gasteiger partial charge in [-0.15, -0.1) is 0 Å². The molecule has 0 saturated heterocycles. The summed E-state index contributed by atoms with van der Waals surface area (Å²) in [5, 5.41) is 7.27. The lowest BCUT2D eigenvalue weighted by atomic mass is 10.1.